The van der Waals surface area contributed by atoms with Crippen LogP contribution in [0, 0.1) is 56.5 Å². The van der Waals surface area contributed by atoms with Gasteiger partial charge in [-0.3, -0.25) is 4.79 Å². The van der Waals surface area contributed by atoms with Gasteiger partial charge in [-0.25, -0.2) is 4.79 Å². The number of nitrogens with zero attached hydrogens (tertiary/aromatic N) is 1. The Hall–Kier alpha value is -3.18. The molecule has 11 nitrogen and oxygen atoms in total. The number of rotatable bonds is 14. The van der Waals surface area contributed by atoms with Crippen LogP contribution in [0.4, 0.5) is 0 Å². The van der Waals surface area contributed by atoms with E-state index in [9.17, 15) is 29.9 Å². The first kappa shape index (κ1) is 37.1. The van der Waals surface area contributed by atoms with Gasteiger partial charge in [0.15, 0.2) is 11.5 Å². The first-order chi connectivity index (χ1) is 23.4. The van der Waals surface area contributed by atoms with Crippen molar-refractivity contribution < 1.29 is 43.9 Å². The maximum atomic E-state index is 13.1. The van der Waals surface area contributed by atoms with Gasteiger partial charge in [-0.1, -0.05) is 26.8 Å². The molecule has 0 spiro atoms. The minimum Gasteiger partial charge on any atom is -0.493 e. The topological polar surface area (TPSA) is 155 Å². The highest BCUT2D eigenvalue weighted by Gasteiger charge is 2.62. The molecule has 272 valence electrons. The highest BCUT2D eigenvalue weighted by atomic mass is 16.9. The van der Waals surface area contributed by atoms with Gasteiger partial charge in [-0.15, -0.1) is 10.1 Å². The summed E-state index contributed by atoms with van der Waals surface area (Å²) in [5, 5.41) is 31.2. The van der Waals surface area contributed by atoms with E-state index in [1.807, 2.05) is 0 Å². The molecule has 5 rings (SSSR count). The number of unbranched alkanes of at least 4 members (excludes halogenated alkanes) is 1. The fourth-order valence-corrected chi connectivity index (χ4v) is 10.5. The van der Waals surface area contributed by atoms with E-state index in [1.165, 1.54) is 13.2 Å². The fourth-order valence-electron chi connectivity index (χ4n) is 10.5. The molecular formula is C38H55NO10. The Balaban J connectivity index is 1.13. The summed E-state index contributed by atoms with van der Waals surface area (Å²) in [6.45, 7) is 7.22. The van der Waals surface area contributed by atoms with Gasteiger partial charge in [0.05, 0.1) is 32.5 Å². The number of carbonyl (C=O) groups excluding carboxylic acids is 2. The Morgan fingerprint density at radius 3 is 2.51 bits per heavy atom. The van der Waals surface area contributed by atoms with Crippen molar-refractivity contribution in [3.8, 4) is 11.5 Å². The number of hydrogen-bond acceptors (Lipinski definition) is 10. The lowest BCUT2D eigenvalue weighted by Gasteiger charge is -2.62. The highest BCUT2D eigenvalue weighted by molar-refractivity contribution is 5.87. The first-order valence-electron chi connectivity index (χ1n) is 18.2. The van der Waals surface area contributed by atoms with Gasteiger partial charge in [0.1, 0.15) is 0 Å². The zero-order valence-electron chi connectivity index (χ0n) is 29.5. The van der Waals surface area contributed by atoms with Gasteiger partial charge < -0.3 is 29.3 Å². The van der Waals surface area contributed by atoms with Crippen molar-refractivity contribution in [3.05, 3.63) is 40.0 Å². The van der Waals surface area contributed by atoms with Crippen molar-refractivity contribution in [2.24, 2.45) is 46.3 Å². The third-order valence-electron chi connectivity index (χ3n) is 13.0. The van der Waals surface area contributed by atoms with Crippen molar-refractivity contribution in [3.63, 3.8) is 0 Å². The smallest absolute Gasteiger partial charge is 0.330 e. The summed E-state index contributed by atoms with van der Waals surface area (Å²) in [5.41, 5.74) is 0.970. The van der Waals surface area contributed by atoms with Gasteiger partial charge in [0, 0.05) is 12.5 Å². The van der Waals surface area contributed by atoms with Gasteiger partial charge in [0.25, 0.3) is 5.09 Å². The maximum Gasteiger partial charge on any atom is 0.330 e. The van der Waals surface area contributed by atoms with E-state index >= 15 is 0 Å². The average molecular weight is 686 g/mol. The van der Waals surface area contributed by atoms with Gasteiger partial charge in [0.2, 0.25) is 0 Å². The van der Waals surface area contributed by atoms with Crippen molar-refractivity contribution in [2.75, 3.05) is 20.3 Å². The van der Waals surface area contributed by atoms with Crippen LogP contribution in [0.3, 0.4) is 0 Å². The molecule has 49 heavy (non-hydrogen) atoms. The Kier molecular flexibility index (Phi) is 12.0. The third kappa shape index (κ3) is 8.25. The van der Waals surface area contributed by atoms with Gasteiger partial charge in [-0.05, 0) is 141 Å². The molecule has 0 saturated heterocycles. The number of carbonyl (C=O) groups is 2. The minimum atomic E-state index is -0.854. The molecule has 4 aliphatic rings. The average Bonchev–Trinajstić information content (AvgIpc) is 3.42. The summed E-state index contributed by atoms with van der Waals surface area (Å²) in [5.74, 6) is 2.32. The Labute approximate surface area is 289 Å². The number of aliphatic hydroxyl groups excluding tert-OH is 2. The number of ether oxygens (including phenoxy) is 3. The summed E-state index contributed by atoms with van der Waals surface area (Å²) < 4.78 is 16.3. The van der Waals surface area contributed by atoms with Crippen LogP contribution in [0.25, 0.3) is 6.08 Å². The molecule has 10 atom stereocenters. The van der Waals surface area contributed by atoms with E-state index in [0.29, 0.717) is 66.1 Å². The van der Waals surface area contributed by atoms with Crippen molar-refractivity contribution >= 4 is 18.0 Å². The number of benzene rings is 1. The van der Waals surface area contributed by atoms with Crippen LogP contribution < -0.4 is 9.47 Å². The van der Waals surface area contributed by atoms with Gasteiger partial charge >= 0.3 is 11.9 Å². The lowest BCUT2D eigenvalue weighted by atomic mass is 9.43. The summed E-state index contributed by atoms with van der Waals surface area (Å²) in [4.78, 5) is 39.6. The second kappa shape index (κ2) is 15.8. The van der Waals surface area contributed by atoms with Crippen LogP contribution >= 0.6 is 0 Å². The molecule has 11 heteroatoms. The van der Waals surface area contributed by atoms with Crippen molar-refractivity contribution in [1.82, 2.24) is 0 Å². The van der Waals surface area contributed by atoms with E-state index in [-0.39, 0.29) is 54.4 Å². The Morgan fingerprint density at radius 2 is 1.76 bits per heavy atom. The van der Waals surface area contributed by atoms with E-state index < -0.39 is 11.1 Å². The maximum absolute atomic E-state index is 13.1. The third-order valence-corrected chi connectivity index (χ3v) is 13.0. The second-order valence-corrected chi connectivity index (χ2v) is 15.6. The summed E-state index contributed by atoms with van der Waals surface area (Å²) >= 11 is 0. The molecule has 4 fully saturated rings. The molecule has 1 aromatic rings. The van der Waals surface area contributed by atoms with Crippen LogP contribution in [-0.2, 0) is 19.2 Å². The van der Waals surface area contributed by atoms with E-state index in [0.717, 1.165) is 51.4 Å². The normalized spacial score (nSPS) is 34.3. The molecule has 0 heterocycles. The molecule has 0 aromatic heterocycles. The number of esters is 2. The molecule has 2 N–H and O–H groups in total. The van der Waals surface area contributed by atoms with Gasteiger partial charge in [-0.2, -0.15) is 0 Å². The largest absolute Gasteiger partial charge is 0.493 e. The molecule has 0 unspecified atom stereocenters. The van der Waals surface area contributed by atoms with Crippen LogP contribution in [0.1, 0.15) is 103 Å². The number of aliphatic hydroxyl groups is 2. The van der Waals surface area contributed by atoms with Crippen LogP contribution in [-0.4, -0.2) is 59.8 Å². The minimum absolute atomic E-state index is 0.0493. The lowest BCUT2D eigenvalue weighted by Crippen LogP contribution is -2.58. The Morgan fingerprint density at radius 1 is 1.02 bits per heavy atom. The standard InChI is InChI=1S/C38H55NO10/c1-24(28-10-11-29-36-30(16-18-38(28,29)3)37(2)17-15-27(40)22-26(37)23-31(36)41)7-13-35(43)49-33-21-25(8-12-32(33)46-4)9-14-34(42)47-19-5-6-20-48-39(44)45/h8-9,12,14,21,24,26-31,36,40-41H,5-7,10-11,13,15-20,22-23H2,1-4H3/b14-9+/t24-,26+,27-,28-,29+,30+,31+,36+,37+,38-/m1/s1. The SMILES string of the molecule is COc1ccc(/C=C/C(=O)OCCCCO[N+](=O)[O-])cc1OC(=O)CC[C@@H](C)[C@H]1CC[C@H]2[C@@H]3[C@@H](O)C[C@@H]4C[C@H](O)CC[C@]4(C)[C@H]3CC[C@]12C. The number of fused-ring (bicyclic) bond motifs is 5. The number of methoxy groups -OCH3 is 1. The molecule has 4 aliphatic carbocycles. The molecule has 4 saturated carbocycles. The number of hydrogen-bond donors (Lipinski definition) is 2. The van der Waals surface area contributed by atoms with Crippen LogP contribution in [0.15, 0.2) is 24.3 Å². The Bertz CT molecular complexity index is 1370. The first-order valence-corrected chi connectivity index (χ1v) is 18.2. The molecule has 0 aliphatic heterocycles. The van der Waals surface area contributed by atoms with Crippen LogP contribution in [0.2, 0.25) is 0 Å². The highest BCUT2D eigenvalue weighted by Crippen LogP contribution is 2.68. The molecule has 0 radical (unpaired) electrons. The predicted molar refractivity (Wildman–Crippen MR) is 182 cm³/mol. The molecule has 0 amide bonds. The molecule has 1 aromatic carbocycles. The zero-order chi connectivity index (χ0) is 35.3. The van der Waals surface area contributed by atoms with Crippen molar-refractivity contribution in [1.29, 1.82) is 0 Å². The summed E-state index contributed by atoms with van der Waals surface area (Å²) in [7, 11) is 1.51. The van der Waals surface area contributed by atoms with Crippen molar-refractivity contribution in [2.45, 2.75) is 110 Å². The van der Waals surface area contributed by atoms with Crippen LogP contribution in [0.5, 0.6) is 11.5 Å². The summed E-state index contributed by atoms with van der Waals surface area (Å²) in [6, 6.07) is 5.07. The van der Waals surface area contributed by atoms with E-state index in [4.69, 9.17) is 14.2 Å². The fraction of sp³-hybridized carbons (Fsp3) is 0.737. The lowest BCUT2D eigenvalue weighted by molar-refractivity contribution is -0.757. The molecular weight excluding hydrogens is 630 g/mol. The quantitative estimate of drug-likeness (QED) is 0.0550. The zero-order valence-corrected chi connectivity index (χ0v) is 29.5. The second-order valence-electron chi connectivity index (χ2n) is 15.6. The predicted octanol–water partition coefficient (Wildman–Crippen LogP) is 6.55. The summed E-state index contributed by atoms with van der Waals surface area (Å²) in [6.07, 6.45) is 12.2. The van der Waals surface area contributed by atoms with E-state index in [2.05, 4.69) is 25.6 Å². The molecule has 0 bridgehead atoms. The monoisotopic (exact) mass is 685 g/mol. The van der Waals surface area contributed by atoms with E-state index in [1.54, 1.807) is 24.3 Å².